The van der Waals surface area contributed by atoms with E-state index in [4.69, 9.17) is 8.94 Å². The van der Waals surface area contributed by atoms with Gasteiger partial charge in [-0.2, -0.15) is 0 Å². The van der Waals surface area contributed by atoms with Crippen LogP contribution in [-0.4, -0.2) is 22.7 Å². The summed E-state index contributed by atoms with van der Waals surface area (Å²) in [4.78, 5) is 12.2. The number of amides is 1. The summed E-state index contributed by atoms with van der Waals surface area (Å²) in [6.45, 7) is 5.19. The maximum absolute atomic E-state index is 12.2. The lowest BCUT2D eigenvalue weighted by Crippen LogP contribution is -2.38. The van der Waals surface area contributed by atoms with Gasteiger partial charge < -0.3 is 19.4 Å². The van der Waals surface area contributed by atoms with Crippen molar-refractivity contribution in [1.82, 2.24) is 10.5 Å². The molecule has 0 unspecified atom stereocenters. The highest BCUT2D eigenvalue weighted by Gasteiger charge is 2.28. The summed E-state index contributed by atoms with van der Waals surface area (Å²) in [6, 6.07) is 3.35. The van der Waals surface area contributed by atoms with Crippen molar-refractivity contribution in [2.45, 2.75) is 32.8 Å². The van der Waals surface area contributed by atoms with Crippen LogP contribution in [0.15, 0.2) is 27.3 Å². The monoisotopic (exact) mass is 278 g/mol. The van der Waals surface area contributed by atoms with Crippen molar-refractivity contribution in [2.75, 3.05) is 6.54 Å². The van der Waals surface area contributed by atoms with Gasteiger partial charge in [0.2, 0.25) is 0 Å². The number of carbonyl (C=O) groups excluding carboxylic acids is 1. The van der Waals surface area contributed by atoms with Gasteiger partial charge in [0, 0.05) is 0 Å². The summed E-state index contributed by atoms with van der Waals surface area (Å²) in [5.41, 5.74) is -0.225. The van der Waals surface area contributed by atoms with Crippen LogP contribution in [0.4, 0.5) is 0 Å². The van der Waals surface area contributed by atoms with Gasteiger partial charge in [-0.25, -0.2) is 0 Å². The molecule has 0 aliphatic carbocycles. The normalized spacial score (nSPS) is 14.0. The number of aryl methyl sites for hydroxylation is 2. The van der Waals surface area contributed by atoms with E-state index in [2.05, 4.69) is 10.5 Å². The Labute approximate surface area is 116 Å². The molecule has 0 aliphatic rings. The molecule has 0 aromatic carbocycles. The lowest BCUT2D eigenvalue weighted by atomic mass is 10.0. The predicted octanol–water partition coefficient (Wildman–Crippen LogP) is 1.78. The van der Waals surface area contributed by atoms with E-state index in [1.165, 1.54) is 6.26 Å². The van der Waals surface area contributed by atoms with Gasteiger partial charge in [0.05, 0.1) is 18.5 Å². The number of hydrogen-bond donors (Lipinski definition) is 2. The molecule has 2 aromatic heterocycles. The SMILES string of the molecule is CCc1noc(C)c1C(=O)NC[C@@](C)(O)c1ccco1. The van der Waals surface area contributed by atoms with Crippen LogP contribution in [0.5, 0.6) is 0 Å². The van der Waals surface area contributed by atoms with Gasteiger partial charge in [0.1, 0.15) is 22.7 Å². The minimum atomic E-state index is -1.27. The summed E-state index contributed by atoms with van der Waals surface area (Å²) >= 11 is 0. The van der Waals surface area contributed by atoms with Crippen molar-refractivity contribution in [3.8, 4) is 0 Å². The van der Waals surface area contributed by atoms with E-state index in [-0.39, 0.29) is 12.5 Å². The van der Waals surface area contributed by atoms with E-state index >= 15 is 0 Å². The van der Waals surface area contributed by atoms with E-state index < -0.39 is 5.60 Å². The van der Waals surface area contributed by atoms with Crippen LogP contribution in [-0.2, 0) is 12.0 Å². The van der Waals surface area contributed by atoms with Crippen LogP contribution in [0.1, 0.15) is 41.4 Å². The van der Waals surface area contributed by atoms with Gasteiger partial charge in [0.25, 0.3) is 5.91 Å². The van der Waals surface area contributed by atoms with Crippen LogP contribution >= 0.6 is 0 Å². The lowest BCUT2D eigenvalue weighted by Gasteiger charge is -2.21. The third-order valence-corrected chi connectivity index (χ3v) is 3.14. The van der Waals surface area contributed by atoms with E-state index in [0.29, 0.717) is 29.2 Å². The van der Waals surface area contributed by atoms with E-state index in [1.807, 2.05) is 6.92 Å². The molecule has 0 bridgehead atoms. The highest BCUT2D eigenvalue weighted by Crippen LogP contribution is 2.20. The van der Waals surface area contributed by atoms with Gasteiger partial charge in [-0.3, -0.25) is 4.79 Å². The fraction of sp³-hybridized carbons (Fsp3) is 0.429. The number of carbonyl (C=O) groups is 1. The molecule has 0 saturated carbocycles. The first-order valence-electron chi connectivity index (χ1n) is 6.45. The molecule has 0 fully saturated rings. The van der Waals surface area contributed by atoms with Gasteiger partial charge in [-0.15, -0.1) is 0 Å². The lowest BCUT2D eigenvalue weighted by molar-refractivity contribution is 0.0330. The zero-order valence-corrected chi connectivity index (χ0v) is 11.8. The van der Waals surface area contributed by atoms with Crippen LogP contribution < -0.4 is 5.32 Å². The average Bonchev–Trinajstić information content (AvgIpc) is 3.05. The fourth-order valence-electron chi connectivity index (χ4n) is 1.96. The van der Waals surface area contributed by atoms with Crippen molar-refractivity contribution in [2.24, 2.45) is 0 Å². The molecule has 0 radical (unpaired) electrons. The van der Waals surface area contributed by atoms with Crippen molar-refractivity contribution in [3.05, 3.63) is 41.2 Å². The minimum Gasteiger partial charge on any atom is -0.466 e. The zero-order valence-electron chi connectivity index (χ0n) is 11.8. The third kappa shape index (κ3) is 2.75. The molecule has 2 rings (SSSR count). The molecule has 6 heteroatoms. The van der Waals surface area contributed by atoms with Crippen molar-refractivity contribution >= 4 is 5.91 Å². The Hall–Kier alpha value is -2.08. The van der Waals surface area contributed by atoms with E-state index in [9.17, 15) is 9.90 Å². The number of aromatic nitrogens is 1. The predicted molar refractivity (Wildman–Crippen MR) is 71.2 cm³/mol. The second-order valence-electron chi connectivity index (χ2n) is 4.85. The molecule has 2 aromatic rings. The molecule has 6 nitrogen and oxygen atoms in total. The van der Waals surface area contributed by atoms with E-state index in [0.717, 1.165) is 0 Å². The summed E-state index contributed by atoms with van der Waals surface area (Å²) in [5.74, 6) is 0.556. The molecule has 2 heterocycles. The standard InChI is InChI=1S/C14H18N2O4/c1-4-10-12(9(2)20-16-10)13(17)15-8-14(3,18)11-6-5-7-19-11/h5-7,18H,4,8H2,1-3H3,(H,15,17)/t14-/m1/s1. The number of hydrogen-bond acceptors (Lipinski definition) is 5. The number of aliphatic hydroxyl groups is 1. The number of rotatable bonds is 5. The summed E-state index contributed by atoms with van der Waals surface area (Å²) in [7, 11) is 0. The maximum atomic E-state index is 12.2. The van der Waals surface area contributed by atoms with Gasteiger partial charge in [-0.05, 0) is 32.4 Å². The number of nitrogens with one attached hydrogen (secondary N) is 1. The molecule has 20 heavy (non-hydrogen) atoms. The van der Waals surface area contributed by atoms with Gasteiger partial charge in [0.15, 0.2) is 0 Å². The Morgan fingerprint density at radius 1 is 1.55 bits per heavy atom. The molecule has 0 saturated heterocycles. The smallest absolute Gasteiger partial charge is 0.256 e. The Morgan fingerprint density at radius 2 is 2.30 bits per heavy atom. The quantitative estimate of drug-likeness (QED) is 0.870. The first kappa shape index (κ1) is 14.3. The van der Waals surface area contributed by atoms with Crippen molar-refractivity contribution < 1.29 is 18.8 Å². The van der Waals surface area contributed by atoms with Crippen molar-refractivity contribution in [1.29, 1.82) is 0 Å². The Morgan fingerprint density at radius 3 is 2.90 bits per heavy atom. The highest BCUT2D eigenvalue weighted by atomic mass is 16.5. The van der Waals surface area contributed by atoms with Crippen LogP contribution in [0.2, 0.25) is 0 Å². The second-order valence-corrected chi connectivity index (χ2v) is 4.85. The first-order chi connectivity index (χ1) is 9.45. The summed E-state index contributed by atoms with van der Waals surface area (Å²) in [5, 5.41) is 16.8. The molecular weight excluding hydrogens is 260 g/mol. The maximum Gasteiger partial charge on any atom is 0.256 e. The minimum absolute atomic E-state index is 0.0348. The molecule has 1 amide bonds. The summed E-state index contributed by atoms with van der Waals surface area (Å²) in [6.07, 6.45) is 2.08. The Bertz CT molecular complexity index is 584. The topological polar surface area (TPSA) is 88.5 Å². The summed E-state index contributed by atoms with van der Waals surface area (Å²) < 4.78 is 10.2. The molecule has 2 N–H and O–H groups in total. The van der Waals surface area contributed by atoms with Crippen LogP contribution in [0.25, 0.3) is 0 Å². The fourth-order valence-corrected chi connectivity index (χ4v) is 1.96. The first-order valence-corrected chi connectivity index (χ1v) is 6.45. The zero-order chi connectivity index (χ0) is 14.8. The molecule has 0 spiro atoms. The largest absolute Gasteiger partial charge is 0.466 e. The van der Waals surface area contributed by atoms with Crippen LogP contribution in [0, 0.1) is 6.92 Å². The Kier molecular flexibility index (Phi) is 3.94. The molecule has 0 aliphatic heterocycles. The van der Waals surface area contributed by atoms with Gasteiger partial charge in [-0.1, -0.05) is 12.1 Å². The molecular formula is C14H18N2O4. The molecule has 108 valence electrons. The van der Waals surface area contributed by atoms with E-state index in [1.54, 1.807) is 26.0 Å². The molecule has 1 atom stereocenters. The second kappa shape index (κ2) is 5.50. The highest BCUT2D eigenvalue weighted by molar-refractivity contribution is 5.96. The Balaban J connectivity index is 2.07. The van der Waals surface area contributed by atoms with Crippen LogP contribution in [0.3, 0.4) is 0 Å². The van der Waals surface area contributed by atoms with Gasteiger partial charge >= 0.3 is 0 Å². The van der Waals surface area contributed by atoms with Crippen molar-refractivity contribution in [3.63, 3.8) is 0 Å². The third-order valence-electron chi connectivity index (χ3n) is 3.14. The average molecular weight is 278 g/mol. The number of nitrogens with zero attached hydrogens (tertiary/aromatic N) is 1. The number of furan rings is 1.